The van der Waals surface area contributed by atoms with E-state index in [2.05, 4.69) is 0 Å². The maximum Gasteiger partial charge on any atom is 0.144 e. The van der Waals surface area contributed by atoms with Gasteiger partial charge in [-0.2, -0.15) is 0 Å². The molecule has 0 amide bonds. The Balaban J connectivity index is 2.24. The zero-order valence-corrected chi connectivity index (χ0v) is 7.33. The number of fused-ring (bicyclic) bond motifs is 1. The first-order valence-corrected chi connectivity index (χ1v) is 4.66. The van der Waals surface area contributed by atoms with Crippen LogP contribution < -0.4 is 0 Å². The monoisotopic (exact) mass is 189 g/mol. The summed E-state index contributed by atoms with van der Waals surface area (Å²) in [6.07, 6.45) is -1.58. The van der Waals surface area contributed by atoms with Crippen LogP contribution in [0.15, 0.2) is 0 Å². The SMILES string of the molecule is [O-][N+]12CCC[C@@H](O)[C@@H]1[C@H](O)[C@H](O)C2. The fourth-order valence-corrected chi connectivity index (χ4v) is 2.57. The van der Waals surface area contributed by atoms with Crippen molar-refractivity contribution in [3.63, 3.8) is 0 Å². The van der Waals surface area contributed by atoms with Gasteiger partial charge in [-0.05, 0) is 12.8 Å². The van der Waals surface area contributed by atoms with Crippen LogP contribution in [0.2, 0.25) is 0 Å². The maximum atomic E-state index is 12.0. The van der Waals surface area contributed by atoms with Crippen LogP contribution in [-0.4, -0.2) is 57.4 Å². The van der Waals surface area contributed by atoms with Gasteiger partial charge < -0.3 is 25.2 Å². The van der Waals surface area contributed by atoms with Gasteiger partial charge >= 0.3 is 0 Å². The van der Waals surface area contributed by atoms with Gasteiger partial charge in [-0.15, -0.1) is 0 Å². The first-order chi connectivity index (χ1) is 6.04. The lowest BCUT2D eigenvalue weighted by Gasteiger charge is -2.49. The Morgan fingerprint density at radius 2 is 1.85 bits per heavy atom. The van der Waals surface area contributed by atoms with Crippen LogP contribution in [0.5, 0.6) is 0 Å². The number of piperidine rings is 1. The van der Waals surface area contributed by atoms with E-state index in [0.717, 1.165) is 0 Å². The average Bonchev–Trinajstić information content (AvgIpc) is 2.24. The van der Waals surface area contributed by atoms with Crippen LogP contribution in [0, 0.1) is 5.21 Å². The summed E-state index contributed by atoms with van der Waals surface area (Å²) in [6, 6.07) is -0.733. The number of hydroxylamine groups is 3. The molecule has 0 radical (unpaired) electrons. The lowest BCUT2D eigenvalue weighted by molar-refractivity contribution is -0.904. The molecule has 2 rings (SSSR count). The zero-order chi connectivity index (χ0) is 9.64. The molecule has 2 saturated heterocycles. The lowest BCUT2D eigenvalue weighted by Crippen LogP contribution is -2.58. The predicted molar refractivity (Wildman–Crippen MR) is 44.4 cm³/mol. The number of aliphatic hydroxyl groups excluding tert-OH is 3. The third-order valence-electron chi connectivity index (χ3n) is 3.21. The van der Waals surface area contributed by atoms with Crippen LogP contribution in [0.25, 0.3) is 0 Å². The van der Waals surface area contributed by atoms with Gasteiger partial charge in [0, 0.05) is 0 Å². The van der Waals surface area contributed by atoms with Gasteiger partial charge in [-0.25, -0.2) is 0 Å². The van der Waals surface area contributed by atoms with E-state index in [-0.39, 0.29) is 6.54 Å². The summed E-state index contributed by atoms with van der Waals surface area (Å²) in [7, 11) is 0. The van der Waals surface area contributed by atoms with E-state index in [9.17, 15) is 20.5 Å². The predicted octanol–water partition coefficient (Wildman–Crippen LogP) is -1.44. The molecule has 0 aromatic carbocycles. The molecule has 0 aromatic heterocycles. The number of hydrogen-bond acceptors (Lipinski definition) is 4. The molecule has 0 spiro atoms. The van der Waals surface area contributed by atoms with E-state index >= 15 is 0 Å². The molecular formula is C8H15NO4. The highest BCUT2D eigenvalue weighted by molar-refractivity contribution is 4.92. The molecule has 2 heterocycles. The summed E-state index contributed by atoms with van der Waals surface area (Å²) < 4.78 is -0.622. The third kappa shape index (κ3) is 1.28. The minimum absolute atomic E-state index is 0.0168. The Bertz CT molecular complexity index is 212. The smallest absolute Gasteiger partial charge is 0.144 e. The number of quaternary nitrogens is 1. The van der Waals surface area contributed by atoms with Crippen molar-refractivity contribution >= 4 is 0 Å². The molecule has 5 atom stereocenters. The molecule has 13 heavy (non-hydrogen) atoms. The van der Waals surface area contributed by atoms with E-state index < -0.39 is 29.0 Å². The van der Waals surface area contributed by atoms with Crippen LogP contribution in [0.1, 0.15) is 12.8 Å². The lowest BCUT2D eigenvalue weighted by atomic mass is 9.96. The Morgan fingerprint density at radius 3 is 2.46 bits per heavy atom. The van der Waals surface area contributed by atoms with Crippen molar-refractivity contribution in [2.24, 2.45) is 0 Å². The first kappa shape index (κ1) is 9.36. The second-order valence-corrected chi connectivity index (χ2v) is 4.12. The minimum Gasteiger partial charge on any atom is -0.632 e. The first-order valence-electron chi connectivity index (χ1n) is 4.66. The second-order valence-electron chi connectivity index (χ2n) is 4.12. The summed E-state index contributed by atoms with van der Waals surface area (Å²) in [4.78, 5) is 0. The summed E-state index contributed by atoms with van der Waals surface area (Å²) in [5.74, 6) is 0. The molecular weight excluding hydrogens is 174 g/mol. The van der Waals surface area contributed by atoms with E-state index in [1.54, 1.807) is 0 Å². The number of nitrogens with zero attached hydrogens (tertiary/aromatic N) is 1. The Kier molecular flexibility index (Phi) is 2.08. The number of hydrogen-bond donors (Lipinski definition) is 3. The van der Waals surface area contributed by atoms with Crippen molar-refractivity contribution in [3.8, 4) is 0 Å². The van der Waals surface area contributed by atoms with Gasteiger partial charge in [0.25, 0.3) is 0 Å². The Morgan fingerprint density at radius 1 is 1.15 bits per heavy atom. The topological polar surface area (TPSA) is 83.8 Å². The van der Waals surface area contributed by atoms with Crippen LogP contribution in [0.3, 0.4) is 0 Å². The van der Waals surface area contributed by atoms with Crippen LogP contribution in [-0.2, 0) is 0 Å². The fourth-order valence-electron chi connectivity index (χ4n) is 2.57. The zero-order valence-electron chi connectivity index (χ0n) is 7.33. The molecule has 5 nitrogen and oxygen atoms in total. The highest BCUT2D eigenvalue weighted by Gasteiger charge is 2.53. The van der Waals surface area contributed by atoms with Gasteiger partial charge in [-0.3, -0.25) is 0 Å². The van der Waals surface area contributed by atoms with Crippen LogP contribution >= 0.6 is 0 Å². The van der Waals surface area contributed by atoms with Crippen molar-refractivity contribution in [2.45, 2.75) is 37.2 Å². The van der Waals surface area contributed by atoms with E-state index in [0.29, 0.717) is 19.4 Å². The van der Waals surface area contributed by atoms with Gasteiger partial charge in [0.15, 0.2) is 0 Å². The van der Waals surface area contributed by atoms with E-state index in [1.165, 1.54) is 0 Å². The van der Waals surface area contributed by atoms with Crippen molar-refractivity contribution in [2.75, 3.05) is 13.1 Å². The standard InChI is InChI=1S/C8H15NO4/c10-5-2-1-3-9(13)4-6(11)8(12)7(5)9/h5-8,10-12H,1-4H2/t5-,6-,7-,8-,9?/m1/s1. The van der Waals surface area contributed by atoms with Gasteiger partial charge in [-0.1, -0.05) is 0 Å². The van der Waals surface area contributed by atoms with Crippen molar-refractivity contribution in [3.05, 3.63) is 5.21 Å². The number of aliphatic hydroxyl groups is 3. The molecule has 1 unspecified atom stereocenters. The average molecular weight is 189 g/mol. The summed E-state index contributed by atoms with van der Waals surface area (Å²) >= 11 is 0. The summed E-state index contributed by atoms with van der Waals surface area (Å²) in [5.41, 5.74) is 0. The molecule has 0 aliphatic carbocycles. The molecule has 2 aliphatic heterocycles. The highest BCUT2D eigenvalue weighted by Crippen LogP contribution is 2.34. The minimum atomic E-state index is -1.06. The van der Waals surface area contributed by atoms with Crippen LogP contribution in [0.4, 0.5) is 0 Å². The molecule has 5 heteroatoms. The Labute approximate surface area is 76.4 Å². The fraction of sp³-hybridized carbons (Fsp3) is 1.00. The highest BCUT2D eigenvalue weighted by atomic mass is 16.6. The van der Waals surface area contributed by atoms with Crippen molar-refractivity contribution < 1.29 is 20.0 Å². The normalized spacial score (nSPS) is 56.3. The summed E-state index contributed by atoms with van der Waals surface area (Å²) in [6.45, 7) is 0.415. The molecule has 2 aliphatic rings. The van der Waals surface area contributed by atoms with E-state index in [4.69, 9.17) is 0 Å². The largest absolute Gasteiger partial charge is 0.632 e. The van der Waals surface area contributed by atoms with Crippen molar-refractivity contribution in [1.82, 2.24) is 0 Å². The quantitative estimate of drug-likeness (QED) is 0.322. The second kappa shape index (κ2) is 2.90. The molecule has 3 N–H and O–H groups in total. The summed E-state index contributed by atoms with van der Waals surface area (Å²) in [5, 5.41) is 40.4. The van der Waals surface area contributed by atoms with Crippen molar-refractivity contribution in [1.29, 1.82) is 0 Å². The third-order valence-corrected chi connectivity index (χ3v) is 3.21. The molecule has 0 bridgehead atoms. The molecule has 2 fully saturated rings. The van der Waals surface area contributed by atoms with Gasteiger partial charge in [0.2, 0.25) is 0 Å². The maximum absolute atomic E-state index is 12.0. The van der Waals surface area contributed by atoms with E-state index in [1.807, 2.05) is 0 Å². The Hall–Kier alpha value is -0.200. The van der Waals surface area contributed by atoms with Gasteiger partial charge in [0.05, 0.1) is 6.54 Å². The van der Waals surface area contributed by atoms with Gasteiger partial charge in [0.1, 0.15) is 30.9 Å². The molecule has 76 valence electrons. The number of rotatable bonds is 0. The molecule has 0 aromatic rings. The molecule has 0 saturated carbocycles.